The zero-order chi connectivity index (χ0) is 24.0. The fourth-order valence-electron chi connectivity index (χ4n) is 2.64. The van der Waals surface area contributed by atoms with Crippen molar-refractivity contribution in [2.75, 3.05) is 0 Å². The molecule has 0 aliphatic heterocycles. The molecular formula is C17H9Cl4F3N4O3S. The first-order valence-corrected chi connectivity index (χ1v) is 11.2. The third-order valence-electron chi connectivity index (χ3n) is 4.11. The van der Waals surface area contributed by atoms with Crippen LogP contribution < -0.4 is 4.72 Å². The molecule has 1 N–H and O–H groups in total. The summed E-state index contributed by atoms with van der Waals surface area (Å²) >= 11 is 23.5. The molecule has 0 spiro atoms. The Kier molecular flexibility index (Phi) is 6.69. The highest BCUT2D eigenvalue weighted by atomic mass is 35.5. The van der Waals surface area contributed by atoms with Gasteiger partial charge in [-0.05, 0) is 36.8 Å². The number of rotatable bonds is 4. The predicted molar refractivity (Wildman–Crippen MR) is 112 cm³/mol. The molecular weight excluding hydrogens is 539 g/mol. The van der Waals surface area contributed by atoms with Gasteiger partial charge in [0.2, 0.25) is 0 Å². The van der Waals surface area contributed by atoms with Gasteiger partial charge in [0.15, 0.2) is 11.4 Å². The molecule has 2 aromatic carbocycles. The zero-order valence-electron chi connectivity index (χ0n) is 15.5. The minimum Gasteiger partial charge on any atom is -0.266 e. The summed E-state index contributed by atoms with van der Waals surface area (Å²) in [5.41, 5.74) is -3.26. The van der Waals surface area contributed by atoms with Crippen LogP contribution in [-0.4, -0.2) is 29.3 Å². The number of alkyl halides is 3. The Labute approximate surface area is 199 Å². The predicted octanol–water partition coefficient (Wildman–Crippen LogP) is 5.33. The lowest BCUT2D eigenvalue weighted by Gasteiger charge is -2.13. The van der Waals surface area contributed by atoms with Crippen LogP contribution in [0.2, 0.25) is 20.1 Å². The van der Waals surface area contributed by atoms with Crippen molar-refractivity contribution in [3.63, 3.8) is 0 Å². The van der Waals surface area contributed by atoms with Gasteiger partial charge in [-0.15, -0.1) is 5.10 Å². The maximum atomic E-state index is 13.8. The highest BCUT2D eigenvalue weighted by molar-refractivity contribution is 7.90. The Morgan fingerprint density at radius 1 is 1.03 bits per heavy atom. The fraction of sp³-hybridized carbons (Fsp3) is 0.118. The summed E-state index contributed by atoms with van der Waals surface area (Å²) in [4.78, 5) is 12.1. The Hall–Kier alpha value is -2.05. The van der Waals surface area contributed by atoms with E-state index in [0.29, 0.717) is 0 Å². The molecule has 0 radical (unpaired) electrons. The maximum Gasteiger partial charge on any atom is 0.435 e. The quantitative estimate of drug-likeness (QED) is 0.446. The molecule has 1 aromatic heterocycles. The number of nitrogens with zero attached hydrogens (tertiary/aromatic N) is 3. The number of benzene rings is 2. The molecule has 3 rings (SSSR count). The monoisotopic (exact) mass is 546 g/mol. The Morgan fingerprint density at radius 3 is 2.28 bits per heavy atom. The van der Waals surface area contributed by atoms with Gasteiger partial charge in [-0.3, -0.25) is 4.79 Å². The van der Waals surface area contributed by atoms with Gasteiger partial charge in [-0.2, -0.15) is 13.2 Å². The van der Waals surface area contributed by atoms with Gasteiger partial charge in [-0.25, -0.2) is 17.8 Å². The fourth-order valence-corrected chi connectivity index (χ4v) is 4.71. The lowest BCUT2D eigenvalue weighted by Crippen LogP contribution is -2.33. The maximum absolute atomic E-state index is 13.8. The van der Waals surface area contributed by atoms with E-state index in [4.69, 9.17) is 46.4 Å². The molecule has 32 heavy (non-hydrogen) atoms. The summed E-state index contributed by atoms with van der Waals surface area (Å²) in [6.45, 7) is 1.37. The first-order valence-electron chi connectivity index (χ1n) is 8.24. The Morgan fingerprint density at radius 2 is 1.66 bits per heavy atom. The zero-order valence-corrected chi connectivity index (χ0v) is 19.3. The van der Waals surface area contributed by atoms with E-state index in [-0.39, 0.29) is 36.0 Å². The normalized spacial score (nSPS) is 12.1. The van der Waals surface area contributed by atoms with Crippen LogP contribution in [0.3, 0.4) is 0 Å². The molecule has 0 fully saturated rings. The van der Waals surface area contributed by atoms with Crippen molar-refractivity contribution < 1.29 is 26.4 Å². The number of hydrogen-bond donors (Lipinski definition) is 1. The number of hydrogen-bond acceptors (Lipinski definition) is 5. The SMILES string of the molecule is Cc1c(Cl)cccc1S(=O)(=O)NC(=O)c1nnn(-c2cc(Cl)c(Cl)cc2Cl)c1C(F)(F)F. The molecule has 0 aliphatic rings. The second kappa shape index (κ2) is 8.71. The van der Waals surface area contributed by atoms with Gasteiger partial charge in [0, 0.05) is 5.02 Å². The average molecular weight is 548 g/mol. The van der Waals surface area contributed by atoms with Crippen LogP contribution in [0, 0.1) is 6.92 Å². The van der Waals surface area contributed by atoms with Gasteiger partial charge < -0.3 is 0 Å². The van der Waals surface area contributed by atoms with Crippen LogP contribution in [0.25, 0.3) is 5.69 Å². The largest absolute Gasteiger partial charge is 0.435 e. The number of halogens is 7. The van der Waals surface area contributed by atoms with Crippen molar-refractivity contribution in [3.8, 4) is 5.69 Å². The van der Waals surface area contributed by atoms with Crippen molar-refractivity contribution in [2.45, 2.75) is 18.0 Å². The second-order valence-corrected chi connectivity index (χ2v) is 9.49. The number of amides is 1. The Bertz CT molecular complexity index is 1340. The van der Waals surface area contributed by atoms with Gasteiger partial charge in [0.1, 0.15) is 0 Å². The topological polar surface area (TPSA) is 93.9 Å². The van der Waals surface area contributed by atoms with E-state index in [1.807, 2.05) is 0 Å². The third-order valence-corrected chi connectivity index (χ3v) is 7.02. The van der Waals surface area contributed by atoms with Gasteiger partial charge >= 0.3 is 6.18 Å². The van der Waals surface area contributed by atoms with E-state index in [1.54, 1.807) is 4.72 Å². The lowest BCUT2D eigenvalue weighted by molar-refractivity contribution is -0.143. The van der Waals surface area contributed by atoms with Crippen molar-refractivity contribution >= 4 is 62.3 Å². The molecule has 0 saturated heterocycles. The van der Waals surface area contributed by atoms with Crippen LogP contribution in [0.5, 0.6) is 0 Å². The van der Waals surface area contributed by atoms with Gasteiger partial charge in [0.25, 0.3) is 15.9 Å². The number of sulfonamides is 1. The molecule has 0 aliphatic carbocycles. The minimum atomic E-state index is -5.18. The summed E-state index contributed by atoms with van der Waals surface area (Å²) in [6.07, 6.45) is -5.18. The number of nitrogens with one attached hydrogen (secondary N) is 1. The third kappa shape index (κ3) is 4.67. The molecule has 1 heterocycles. The molecule has 0 bridgehead atoms. The molecule has 0 saturated carbocycles. The number of aromatic nitrogens is 3. The van der Waals surface area contributed by atoms with Crippen LogP contribution in [-0.2, 0) is 16.2 Å². The summed E-state index contributed by atoms with van der Waals surface area (Å²) < 4.78 is 68.4. The van der Waals surface area contributed by atoms with Crippen molar-refractivity contribution in [1.29, 1.82) is 0 Å². The van der Waals surface area contributed by atoms with E-state index in [1.165, 1.54) is 19.1 Å². The minimum absolute atomic E-state index is 0.0324. The standard InChI is InChI=1S/C17H9Cl4F3N4O3S/c1-7-8(18)3-2-4-13(7)32(30,31)26-16(29)14-15(17(22,23)24)28(27-25-14)12-6-10(20)9(19)5-11(12)21/h2-6H,1H3,(H,26,29). The van der Waals surface area contributed by atoms with Crippen LogP contribution in [0.1, 0.15) is 21.7 Å². The first kappa shape index (κ1) is 24.6. The highest BCUT2D eigenvalue weighted by Gasteiger charge is 2.43. The van der Waals surface area contributed by atoms with Crippen LogP contribution in [0.4, 0.5) is 13.2 Å². The van der Waals surface area contributed by atoms with Crippen LogP contribution in [0.15, 0.2) is 35.2 Å². The number of carbonyl (C=O) groups excluding carboxylic acids is 1. The summed E-state index contributed by atoms with van der Waals surface area (Å²) in [6, 6.07) is 5.91. The smallest absolute Gasteiger partial charge is 0.266 e. The van der Waals surface area contributed by atoms with Crippen molar-refractivity contribution in [2.24, 2.45) is 0 Å². The van der Waals surface area contributed by atoms with Crippen molar-refractivity contribution in [1.82, 2.24) is 19.7 Å². The Balaban J connectivity index is 2.10. The van der Waals surface area contributed by atoms with Gasteiger partial charge in [-0.1, -0.05) is 57.7 Å². The average Bonchev–Trinajstić information content (AvgIpc) is 3.12. The number of carbonyl (C=O) groups is 1. The molecule has 0 atom stereocenters. The second-order valence-electron chi connectivity index (χ2n) is 6.21. The van der Waals surface area contributed by atoms with Crippen LogP contribution >= 0.6 is 46.4 Å². The van der Waals surface area contributed by atoms with E-state index < -0.39 is 38.4 Å². The summed E-state index contributed by atoms with van der Waals surface area (Å²) in [5.74, 6) is -1.67. The summed E-state index contributed by atoms with van der Waals surface area (Å²) in [7, 11) is -4.59. The van der Waals surface area contributed by atoms with Gasteiger partial charge in [0.05, 0.1) is 25.7 Å². The molecule has 170 valence electrons. The highest BCUT2D eigenvalue weighted by Crippen LogP contribution is 2.37. The molecule has 1 amide bonds. The lowest BCUT2D eigenvalue weighted by atomic mass is 10.2. The summed E-state index contributed by atoms with van der Waals surface area (Å²) in [5, 5.41) is 6.18. The molecule has 15 heteroatoms. The van der Waals surface area contributed by atoms with E-state index >= 15 is 0 Å². The van der Waals surface area contributed by atoms with Crippen molar-refractivity contribution in [3.05, 3.63) is 67.4 Å². The van der Waals surface area contributed by atoms with E-state index in [2.05, 4.69) is 10.3 Å². The molecule has 3 aromatic rings. The first-order chi connectivity index (χ1) is 14.7. The van der Waals surface area contributed by atoms with E-state index in [0.717, 1.165) is 18.2 Å². The molecule has 7 nitrogen and oxygen atoms in total. The van der Waals surface area contributed by atoms with E-state index in [9.17, 15) is 26.4 Å². The molecule has 0 unspecified atom stereocenters.